The summed E-state index contributed by atoms with van der Waals surface area (Å²) in [5, 5.41) is 18.4. The van der Waals surface area contributed by atoms with Crippen LogP contribution in [0.4, 0.5) is 0 Å². The van der Waals surface area contributed by atoms with E-state index >= 15 is 0 Å². The van der Waals surface area contributed by atoms with Crippen molar-refractivity contribution in [3.8, 4) is 0 Å². The number of ether oxygens (including phenoxy) is 2. The lowest BCUT2D eigenvalue weighted by atomic mass is 10.0. The minimum Gasteiger partial charge on any atom is -0.457 e. The number of hydrogen-bond acceptors (Lipinski definition) is 8. The molecule has 0 spiro atoms. The zero-order chi connectivity index (χ0) is 46.0. The van der Waals surface area contributed by atoms with Gasteiger partial charge in [0.1, 0.15) is 12.2 Å². The molecule has 0 heterocycles. The van der Waals surface area contributed by atoms with Crippen molar-refractivity contribution in [3.05, 3.63) is 24.3 Å². The second-order valence-electron chi connectivity index (χ2n) is 18.3. The van der Waals surface area contributed by atoms with Crippen molar-refractivity contribution < 1.29 is 43.0 Å². The quantitative estimate of drug-likeness (QED) is 0.0236. The normalized spacial score (nSPS) is 13.9. The minimum absolute atomic E-state index is 0.0510. The lowest BCUT2D eigenvalue weighted by molar-refractivity contribution is -0.154. The molecule has 0 amide bonds. The van der Waals surface area contributed by atoms with Crippen molar-refractivity contribution in [3.63, 3.8) is 0 Å². The predicted octanol–water partition coefficient (Wildman–Crippen LogP) is 15.8. The fourth-order valence-corrected chi connectivity index (χ4v) is 8.59. The Hall–Kier alpha value is -1.06. The SMILES string of the molecule is CCCCCC/C=C\C/C=C\CCCCCCCCCC(=O)OC(COCCCCCCCCCCCCCCCCCCCCCCCCCC)COP(=O)(O)OCC(O)CO. The average molecular weight is 915 g/mol. The number of esters is 1. The molecule has 0 aromatic heterocycles. The lowest BCUT2D eigenvalue weighted by Gasteiger charge is -2.20. The van der Waals surface area contributed by atoms with Crippen LogP contribution in [0.3, 0.4) is 0 Å². The molecule has 3 atom stereocenters. The van der Waals surface area contributed by atoms with Crippen LogP contribution in [-0.4, -0.2) is 66.3 Å². The molecule has 0 fully saturated rings. The summed E-state index contributed by atoms with van der Waals surface area (Å²) in [5.41, 5.74) is 0. The molecule has 374 valence electrons. The molecule has 3 N–H and O–H groups in total. The number of allylic oxidation sites excluding steroid dienone is 4. The summed E-state index contributed by atoms with van der Waals surface area (Å²) in [5.74, 6) is -0.385. The Labute approximate surface area is 389 Å². The Kier molecular flexibility index (Phi) is 49.5. The van der Waals surface area contributed by atoms with Crippen molar-refractivity contribution in [2.45, 2.75) is 276 Å². The number of carbonyl (C=O) groups is 1. The van der Waals surface area contributed by atoms with Gasteiger partial charge in [0, 0.05) is 13.0 Å². The van der Waals surface area contributed by atoms with Crippen molar-refractivity contribution in [1.82, 2.24) is 0 Å². The maximum atomic E-state index is 12.7. The number of unbranched alkanes of at least 4 members (excludes halogenated alkanes) is 34. The molecule has 63 heavy (non-hydrogen) atoms. The summed E-state index contributed by atoms with van der Waals surface area (Å²) in [7, 11) is -4.52. The third-order valence-corrected chi connectivity index (χ3v) is 12.8. The molecule has 0 aliphatic carbocycles. The average Bonchev–Trinajstić information content (AvgIpc) is 3.28. The molecular formula is C53H103O9P. The second-order valence-corrected chi connectivity index (χ2v) is 19.7. The number of phosphoric ester groups is 1. The van der Waals surface area contributed by atoms with E-state index in [0.29, 0.717) is 6.61 Å². The fraction of sp³-hybridized carbons (Fsp3) is 0.906. The molecule has 0 radical (unpaired) electrons. The van der Waals surface area contributed by atoms with E-state index in [0.717, 1.165) is 51.4 Å². The van der Waals surface area contributed by atoms with E-state index in [-0.39, 0.29) is 25.6 Å². The Morgan fingerprint density at radius 3 is 1.29 bits per heavy atom. The number of hydrogen-bond donors (Lipinski definition) is 3. The first-order valence-corrected chi connectivity index (χ1v) is 28.3. The van der Waals surface area contributed by atoms with Crippen molar-refractivity contribution in [1.29, 1.82) is 0 Å². The fourth-order valence-electron chi connectivity index (χ4n) is 7.80. The highest BCUT2D eigenvalue weighted by Gasteiger charge is 2.26. The van der Waals surface area contributed by atoms with Gasteiger partial charge in [-0.3, -0.25) is 13.8 Å². The summed E-state index contributed by atoms with van der Waals surface area (Å²) >= 11 is 0. The molecule has 10 heteroatoms. The van der Waals surface area contributed by atoms with Crippen molar-refractivity contribution in [2.75, 3.05) is 33.0 Å². The molecule has 9 nitrogen and oxygen atoms in total. The summed E-state index contributed by atoms with van der Waals surface area (Å²) in [4.78, 5) is 22.7. The lowest BCUT2D eigenvalue weighted by Crippen LogP contribution is -2.29. The van der Waals surface area contributed by atoms with Gasteiger partial charge >= 0.3 is 13.8 Å². The zero-order valence-corrected chi connectivity index (χ0v) is 42.2. The predicted molar refractivity (Wildman–Crippen MR) is 265 cm³/mol. The van der Waals surface area contributed by atoms with E-state index in [9.17, 15) is 19.4 Å². The molecule has 0 aromatic rings. The highest BCUT2D eigenvalue weighted by atomic mass is 31.2. The summed E-state index contributed by atoms with van der Waals surface area (Å²) in [6.07, 6.45) is 55.8. The van der Waals surface area contributed by atoms with Crippen LogP contribution in [0.25, 0.3) is 0 Å². The highest BCUT2D eigenvalue weighted by molar-refractivity contribution is 7.47. The molecule has 0 aliphatic heterocycles. The molecular weight excluding hydrogens is 812 g/mol. The number of rotatable bonds is 52. The largest absolute Gasteiger partial charge is 0.472 e. The van der Waals surface area contributed by atoms with E-state index in [2.05, 4.69) is 38.2 Å². The highest BCUT2D eigenvalue weighted by Crippen LogP contribution is 2.43. The van der Waals surface area contributed by atoms with Gasteiger partial charge in [0.2, 0.25) is 0 Å². The van der Waals surface area contributed by atoms with Crippen LogP contribution >= 0.6 is 7.82 Å². The summed E-state index contributed by atoms with van der Waals surface area (Å²) < 4.78 is 33.6. The van der Waals surface area contributed by atoms with Crippen molar-refractivity contribution >= 4 is 13.8 Å². The number of phosphoric acid groups is 1. The molecule has 0 bridgehead atoms. The van der Waals surface area contributed by atoms with Crippen LogP contribution in [0.5, 0.6) is 0 Å². The monoisotopic (exact) mass is 915 g/mol. The van der Waals surface area contributed by atoms with Crippen LogP contribution in [-0.2, 0) is 27.9 Å². The molecule has 0 aromatic carbocycles. The summed E-state index contributed by atoms with van der Waals surface area (Å²) in [6.45, 7) is 3.55. The molecule has 3 unspecified atom stereocenters. The van der Waals surface area contributed by atoms with Crippen LogP contribution in [0, 0.1) is 0 Å². The Morgan fingerprint density at radius 1 is 0.492 bits per heavy atom. The zero-order valence-electron chi connectivity index (χ0n) is 41.3. The maximum Gasteiger partial charge on any atom is 0.472 e. The van der Waals surface area contributed by atoms with Gasteiger partial charge < -0.3 is 24.6 Å². The van der Waals surface area contributed by atoms with Gasteiger partial charge in [-0.05, 0) is 44.9 Å². The molecule has 0 rings (SSSR count). The first-order chi connectivity index (χ1) is 30.8. The van der Waals surface area contributed by atoms with Crippen molar-refractivity contribution in [2.24, 2.45) is 0 Å². The molecule has 0 saturated heterocycles. The van der Waals surface area contributed by atoms with E-state index in [1.165, 1.54) is 193 Å². The van der Waals surface area contributed by atoms with Gasteiger partial charge in [0.05, 0.1) is 26.4 Å². The van der Waals surface area contributed by atoms with E-state index in [1.54, 1.807) is 0 Å². The van der Waals surface area contributed by atoms with Gasteiger partial charge in [-0.25, -0.2) is 4.57 Å². The van der Waals surface area contributed by atoms with Gasteiger partial charge in [-0.1, -0.05) is 237 Å². The molecule has 0 aliphatic rings. The van der Waals surface area contributed by atoms with E-state index < -0.39 is 33.2 Å². The van der Waals surface area contributed by atoms with E-state index in [4.69, 9.17) is 23.6 Å². The third kappa shape index (κ3) is 50.2. The van der Waals surface area contributed by atoms with Gasteiger partial charge in [-0.15, -0.1) is 0 Å². The number of aliphatic hydroxyl groups is 2. The van der Waals surface area contributed by atoms with E-state index in [1.807, 2.05) is 0 Å². The first kappa shape index (κ1) is 61.9. The topological polar surface area (TPSA) is 132 Å². The maximum absolute atomic E-state index is 12.7. The number of aliphatic hydroxyl groups excluding tert-OH is 2. The standard InChI is InChI=1S/C53H103O9P/c1-3-5-7-9-11-13-15-17-19-21-23-24-25-26-27-28-30-32-34-36-38-40-42-44-46-59-49-52(50-61-63(57,58)60-48-51(55)47-54)62-53(56)45-43-41-39-37-35-33-31-29-22-20-18-16-14-12-10-8-6-4-2/h14,16,20,22,51-52,54-55H,3-13,15,17-19,21,23-50H2,1-2H3,(H,57,58)/b16-14-,22-20-. The second kappa shape index (κ2) is 50.4. The van der Waals surface area contributed by atoms with Crippen LogP contribution < -0.4 is 0 Å². The molecule has 0 saturated carbocycles. The van der Waals surface area contributed by atoms with Crippen LogP contribution in [0.2, 0.25) is 0 Å². The first-order valence-electron chi connectivity index (χ1n) is 26.8. The smallest absolute Gasteiger partial charge is 0.457 e. The van der Waals surface area contributed by atoms with Gasteiger partial charge in [0.15, 0.2) is 0 Å². The third-order valence-electron chi connectivity index (χ3n) is 11.9. The van der Waals surface area contributed by atoms with Crippen LogP contribution in [0.1, 0.15) is 264 Å². The minimum atomic E-state index is -4.52. The Morgan fingerprint density at radius 2 is 0.857 bits per heavy atom. The van der Waals surface area contributed by atoms with Gasteiger partial charge in [-0.2, -0.15) is 0 Å². The van der Waals surface area contributed by atoms with Gasteiger partial charge in [0.25, 0.3) is 0 Å². The Balaban J connectivity index is 4.00. The summed E-state index contributed by atoms with van der Waals surface area (Å²) in [6, 6.07) is 0. The van der Waals surface area contributed by atoms with Crippen LogP contribution in [0.15, 0.2) is 24.3 Å². The Bertz CT molecular complexity index is 1040. The number of carbonyl (C=O) groups excluding carboxylic acids is 1.